The van der Waals surface area contributed by atoms with E-state index in [0.29, 0.717) is 0 Å². The van der Waals surface area contributed by atoms with E-state index in [2.05, 4.69) is 28.4 Å². The van der Waals surface area contributed by atoms with Crippen molar-refractivity contribution < 1.29 is 42.8 Å². The van der Waals surface area contributed by atoms with Gasteiger partial charge >= 0.3 is 24.9 Å². The monoisotopic (exact) mass is 238 g/mol. The normalized spacial score (nSPS) is 9.00. The fourth-order valence-corrected chi connectivity index (χ4v) is 0.452. The van der Waals surface area contributed by atoms with Crippen molar-refractivity contribution in [2.45, 2.75) is 6.48 Å². The number of carbonyl (C=O) groups is 3. The van der Waals surface area contributed by atoms with Crippen LogP contribution < -0.4 is 0 Å². The molecule has 0 spiro atoms. The second-order valence-electron chi connectivity index (χ2n) is 2.00. The highest BCUT2D eigenvalue weighted by Gasteiger charge is 2.24. The predicted molar refractivity (Wildman–Crippen MR) is 44.3 cm³/mol. The average Bonchev–Trinajstić information content (AvgIpc) is 2.28. The lowest BCUT2D eigenvalue weighted by molar-refractivity contribution is -0.223. The third kappa shape index (κ3) is 5.52. The Hall–Kier alpha value is -2.19. The lowest BCUT2D eigenvalue weighted by atomic mass is 11.1. The molecule has 0 aromatic rings. The predicted octanol–water partition coefficient (Wildman–Crippen LogP) is 0.619. The van der Waals surface area contributed by atoms with Crippen LogP contribution in [0.15, 0.2) is 0 Å². The first-order chi connectivity index (χ1) is 7.53. The van der Waals surface area contributed by atoms with Crippen LogP contribution in [-0.4, -0.2) is 46.3 Å². The van der Waals surface area contributed by atoms with Crippen LogP contribution >= 0.6 is 0 Å². The van der Waals surface area contributed by atoms with Crippen molar-refractivity contribution in [1.29, 1.82) is 0 Å². The highest BCUT2D eigenvalue weighted by atomic mass is 16.9. The van der Waals surface area contributed by atoms with E-state index in [9.17, 15) is 14.4 Å². The molecule has 0 N–H and O–H groups in total. The van der Waals surface area contributed by atoms with Gasteiger partial charge in [0.25, 0.3) is 0 Å². The molecule has 0 amide bonds. The molecule has 0 fully saturated rings. The largest absolute Gasteiger partial charge is 0.513 e. The van der Waals surface area contributed by atoms with Gasteiger partial charge in [-0.15, -0.1) is 0 Å². The molecule has 0 heterocycles. The first-order valence-corrected chi connectivity index (χ1v) is 3.77. The minimum atomic E-state index is -1.95. The third-order valence-corrected chi connectivity index (χ3v) is 1.08. The molecule has 0 atom stereocenters. The molecule has 0 saturated carbocycles. The highest BCUT2D eigenvalue weighted by Crippen LogP contribution is 2.03. The minimum Gasteiger partial charge on any atom is -0.437 e. The maximum atomic E-state index is 10.7. The molecular weight excluding hydrogens is 228 g/mol. The van der Waals surface area contributed by atoms with E-state index in [0.717, 1.165) is 21.3 Å². The molecule has 0 saturated heterocycles. The topological polar surface area (TPSA) is 107 Å². The summed E-state index contributed by atoms with van der Waals surface area (Å²) in [5.74, 6) is 0. The summed E-state index contributed by atoms with van der Waals surface area (Å²) in [5, 5.41) is 0. The van der Waals surface area contributed by atoms with Gasteiger partial charge in [0, 0.05) is 0 Å². The second-order valence-corrected chi connectivity index (χ2v) is 2.00. The van der Waals surface area contributed by atoms with E-state index in [4.69, 9.17) is 0 Å². The summed E-state index contributed by atoms with van der Waals surface area (Å²) in [5.41, 5.74) is 0. The zero-order valence-corrected chi connectivity index (χ0v) is 8.75. The van der Waals surface area contributed by atoms with Crippen LogP contribution in [0.5, 0.6) is 0 Å². The number of hydrogen-bond acceptors (Lipinski definition) is 9. The SMILES string of the molecule is COC(=O)OC(OC(=O)OC)OC(=O)OC. The quantitative estimate of drug-likeness (QED) is 0.397. The molecule has 0 unspecified atom stereocenters. The van der Waals surface area contributed by atoms with Crippen molar-refractivity contribution in [1.82, 2.24) is 0 Å². The van der Waals surface area contributed by atoms with E-state index >= 15 is 0 Å². The molecule has 16 heavy (non-hydrogen) atoms. The first kappa shape index (κ1) is 13.8. The maximum absolute atomic E-state index is 10.7. The van der Waals surface area contributed by atoms with E-state index in [-0.39, 0.29) is 0 Å². The molecule has 0 bridgehead atoms. The van der Waals surface area contributed by atoms with Gasteiger partial charge in [-0.1, -0.05) is 0 Å². The number of ether oxygens (including phenoxy) is 6. The maximum Gasteiger partial charge on any atom is 0.513 e. The highest BCUT2D eigenvalue weighted by molar-refractivity contribution is 5.63. The number of methoxy groups -OCH3 is 3. The molecule has 0 aromatic heterocycles. The van der Waals surface area contributed by atoms with Gasteiger partial charge in [0.2, 0.25) is 0 Å². The van der Waals surface area contributed by atoms with Gasteiger partial charge in [-0.05, 0) is 0 Å². The van der Waals surface area contributed by atoms with Crippen molar-refractivity contribution in [2.24, 2.45) is 0 Å². The van der Waals surface area contributed by atoms with Crippen LogP contribution in [0.4, 0.5) is 14.4 Å². The average molecular weight is 238 g/mol. The Bertz CT molecular complexity index is 218. The molecule has 0 aromatic carbocycles. The zero-order valence-electron chi connectivity index (χ0n) is 8.75. The van der Waals surface area contributed by atoms with Crippen molar-refractivity contribution in [3.05, 3.63) is 0 Å². The Morgan fingerprint density at radius 2 is 0.938 bits per heavy atom. The Morgan fingerprint density at radius 3 is 1.12 bits per heavy atom. The standard InChI is InChI=1S/C7H10O9/c1-11-4(8)14-7(15-5(9)12-2)16-6(10)13-3/h7H,1-3H3. The molecule has 0 aliphatic heterocycles. The first-order valence-electron chi connectivity index (χ1n) is 3.77. The summed E-state index contributed by atoms with van der Waals surface area (Å²) in [7, 11) is 3.03. The molecule has 0 rings (SSSR count). The second kappa shape index (κ2) is 7.15. The van der Waals surface area contributed by atoms with Crippen LogP contribution in [0.25, 0.3) is 0 Å². The van der Waals surface area contributed by atoms with Gasteiger partial charge in [0.05, 0.1) is 21.3 Å². The smallest absolute Gasteiger partial charge is 0.437 e. The number of carbonyl (C=O) groups excluding carboxylic acids is 3. The van der Waals surface area contributed by atoms with E-state index in [1.807, 2.05) is 0 Å². The summed E-state index contributed by atoms with van der Waals surface area (Å²) in [4.78, 5) is 32.0. The van der Waals surface area contributed by atoms with Gasteiger partial charge < -0.3 is 28.4 Å². The summed E-state index contributed by atoms with van der Waals surface area (Å²) in [6, 6.07) is 0. The van der Waals surface area contributed by atoms with Crippen LogP contribution in [-0.2, 0) is 28.4 Å². The van der Waals surface area contributed by atoms with E-state index in [1.165, 1.54) is 0 Å². The van der Waals surface area contributed by atoms with Crippen molar-refractivity contribution in [2.75, 3.05) is 21.3 Å². The van der Waals surface area contributed by atoms with Crippen molar-refractivity contribution in [3.8, 4) is 0 Å². The summed E-state index contributed by atoms with van der Waals surface area (Å²) < 4.78 is 25.0. The fourth-order valence-electron chi connectivity index (χ4n) is 0.452. The molecule has 0 aliphatic rings. The van der Waals surface area contributed by atoms with E-state index < -0.39 is 24.9 Å². The molecule has 92 valence electrons. The Labute approximate surface area is 90.1 Å². The van der Waals surface area contributed by atoms with Crippen LogP contribution in [0, 0.1) is 0 Å². The molecule has 0 aliphatic carbocycles. The van der Waals surface area contributed by atoms with Gasteiger partial charge in [0.15, 0.2) is 0 Å². The third-order valence-electron chi connectivity index (χ3n) is 1.08. The minimum absolute atomic E-state index is 1.01. The molecule has 9 nitrogen and oxygen atoms in total. The van der Waals surface area contributed by atoms with Crippen LogP contribution in [0.1, 0.15) is 0 Å². The zero-order chi connectivity index (χ0) is 12.6. The number of rotatable bonds is 3. The fraction of sp³-hybridized carbons (Fsp3) is 0.571. The Morgan fingerprint density at radius 1 is 0.688 bits per heavy atom. The van der Waals surface area contributed by atoms with E-state index in [1.54, 1.807) is 0 Å². The van der Waals surface area contributed by atoms with Crippen LogP contribution in [0.3, 0.4) is 0 Å². The lowest BCUT2D eigenvalue weighted by Gasteiger charge is -2.15. The molecular formula is C7H10O9. The number of hydrogen-bond donors (Lipinski definition) is 0. The molecule has 9 heteroatoms. The summed E-state index contributed by atoms with van der Waals surface area (Å²) in [6.07, 6.45) is -3.67. The van der Waals surface area contributed by atoms with Gasteiger partial charge in [-0.2, -0.15) is 0 Å². The Balaban J connectivity index is 4.31. The van der Waals surface area contributed by atoms with Crippen molar-refractivity contribution in [3.63, 3.8) is 0 Å². The van der Waals surface area contributed by atoms with Crippen molar-refractivity contribution >= 4 is 18.5 Å². The Kier molecular flexibility index (Phi) is 6.17. The lowest BCUT2D eigenvalue weighted by Crippen LogP contribution is -2.29. The summed E-state index contributed by atoms with van der Waals surface area (Å²) in [6.45, 7) is -1.95. The van der Waals surface area contributed by atoms with Gasteiger partial charge in [-0.25, -0.2) is 14.4 Å². The van der Waals surface area contributed by atoms with Gasteiger partial charge in [0.1, 0.15) is 0 Å². The van der Waals surface area contributed by atoms with Gasteiger partial charge in [-0.3, -0.25) is 0 Å². The summed E-state index contributed by atoms with van der Waals surface area (Å²) >= 11 is 0. The molecule has 0 radical (unpaired) electrons. The van der Waals surface area contributed by atoms with Crippen LogP contribution in [0.2, 0.25) is 0 Å².